The minimum Gasteiger partial charge on any atom is -0.507 e. The van der Waals surface area contributed by atoms with Crippen LogP contribution in [0.1, 0.15) is 0 Å². The molecule has 0 aliphatic rings. The number of nitrogens with zero attached hydrogens (tertiary/aromatic N) is 5. The number of hydrogen-bond acceptors (Lipinski definition) is 7. The number of phenolic OH excluding ortho intramolecular Hbond substituents is 1. The molecule has 0 aliphatic heterocycles. The van der Waals surface area contributed by atoms with Gasteiger partial charge in [0.25, 0.3) is 0 Å². The van der Waals surface area contributed by atoms with E-state index in [0.717, 1.165) is 21.2 Å². The van der Waals surface area contributed by atoms with E-state index in [0.29, 0.717) is 23.9 Å². The van der Waals surface area contributed by atoms with Crippen LogP contribution in [-0.2, 0) is 6.54 Å². The van der Waals surface area contributed by atoms with Crippen molar-refractivity contribution >= 4 is 27.4 Å². The summed E-state index contributed by atoms with van der Waals surface area (Å²) in [5, 5.41) is 22.0. The summed E-state index contributed by atoms with van der Waals surface area (Å²) >= 11 is 1.43. The number of rotatable bonds is 6. The Hall–Kier alpha value is -3.85. The third kappa shape index (κ3) is 3.82. The Balaban J connectivity index is 1.48. The zero-order chi connectivity index (χ0) is 21.2. The van der Waals surface area contributed by atoms with E-state index in [1.807, 2.05) is 36.4 Å². The van der Waals surface area contributed by atoms with Crippen molar-refractivity contribution in [3.05, 3.63) is 72.9 Å². The van der Waals surface area contributed by atoms with Gasteiger partial charge in [-0.25, -0.2) is 14.4 Å². The summed E-state index contributed by atoms with van der Waals surface area (Å²) < 4.78 is 17.2. The van der Waals surface area contributed by atoms with Crippen LogP contribution in [0.15, 0.2) is 67.1 Å². The van der Waals surface area contributed by atoms with Gasteiger partial charge in [0.2, 0.25) is 5.95 Å². The first-order chi connectivity index (χ1) is 15.2. The molecule has 0 spiro atoms. The first-order valence-corrected chi connectivity index (χ1v) is 10.4. The van der Waals surface area contributed by atoms with E-state index in [4.69, 9.17) is 0 Å². The molecule has 0 atom stereocenters. The second-order valence-corrected chi connectivity index (χ2v) is 7.89. The molecule has 7 nitrogen and oxygen atoms in total. The fraction of sp³-hybridized carbons (Fsp3) is 0.0909. The van der Waals surface area contributed by atoms with Crippen LogP contribution in [0.4, 0.5) is 10.3 Å². The van der Waals surface area contributed by atoms with E-state index in [1.165, 1.54) is 17.5 Å². The molecule has 2 aromatic carbocycles. The van der Waals surface area contributed by atoms with Crippen molar-refractivity contribution < 1.29 is 9.50 Å². The maximum Gasteiger partial charge on any atom is 0.223 e. The monoisotopic (exact) mass is 432 g/mol. The molecule has 3 heterocycles. The highest BCUT2D eigenvalue weighted by atomic mass is 32.1. The number of hydrogen-bond donors (Lipinski definition) is 2. The normalized spacial score (nSPS) is 11.1. The number of aromatic nitrogens is 5. The van der Waals surface area contributed by atoms with Crippen LogP contribution in [0.25, 0.3) is 31.8 Å². The van der Waals surface area contributed by atoms with Gasteiger partial charge in [0.1, 0.15) is 11.4 Å². The number of nitrogens with one attached hydrogen (secondary N) is 1. The molecule has 0 saturated carbocycles. The van der Waals surface area contributed by atoms with Gasteiger partial charge in [-0.2, -0.15) is 0 Å². The minimum atomic E-state index is -0.488. The van der Waals surface area contributed by atoms with Gasteiger partial charge in [-0.05, 0) is 17.5 Å². The quantitative estimate of drug-likeness (QED) is 0.409. The number of benzene rings is 2. The van der Waals surface area contributed by atoms with Crippen molar-refractivity contribution in [3.63, 3.8) is 0 Å². The Morgan fingerprint density at radius 3 is 2.81 bits per heavy atom. The molecule has 0 saturated heterocycles. The molecule has 0 amide bonds. The molecule has 0 aliphatic carbocycles. The number of fused-ring (bicyclic) bond motifs is 1. The van der Waals surface area contributed by atoms with Crippen LogP contribution in [0.5, 0.6) is 5.75 Å². The summed E-state index contributed by atoms with van der Waals surface area (Å²) in [6.45, 7) is 1.11. The summed E-state index contributed by atoms with van der Waals surface area (Å²) in [5.74, 6) is 0.0597. The van der Waals surface area contributed by atoms with Gasteiger partial charge in [0.15, 0.2) is 5.82 Å². The standard InChI is InChI=1S/C22H17FN6OS/c23-17-13-25-22(24-8-10-29-11-9-26-28-29)27-20(17)19-12-14-4-3-6-16(21(14)31-19)15-5-1-2-7-18(15)30/h1-7,9,11-13,30H,8,10H2,(H,24,25,27). The zero-order valence-electron chi connectivity index (χ0n) is 16.2. The lowest BCUT2D eigenvalue weighted by molar-refractivity contribution is 0.477. The van der Waals surface area contributed by atoms with E-state index in [1.54, 1.807) is 29.2 Å². The Kier molecular flexibility index (Phi) is 5.01. The lowest BCUT2D eigenvalue weighted by Gasteiger charge is -2.06. The average Bonchev–Trinajstić information content (AvgIpc) is 3.45. The van der Waals surface area contributed by atoms with Gasteiger partial charge in [-0.1, -0.05) is 41.6 Å². The van der Waals surface area contributed by atoms with E-state index < -0.39 is 5.82 Å². The average molecular weight is 432 g/mol. The van der Waals surface area contributed by atoms with Crippen molar-refractivity contribution in [2.45, 2.75) is 6.54 Å². The molecule has 9 heteroatoms. The molecule has 154 valence electrons. The predicted octanol–water partition coefficient (Wildman–Crippen LogP) is 4.57. The lowest BCUT2D eigenvalue weighted by Crippen LogP contribution is -2.13. The van der Waals surface area contributed by atoms with Crippen LogP contribution in [0.2, 0.25) is 0 Å². The van der Waals surface area contributed by atoms with Crippen molar-refractivity contribution in [2.75, 3.05) is 11.9 Å². The van der Waals surface area contributed by atoms with Gasteiger partial charge < -0.3 is 10.4 Å². The molecule has 2 N–H and O–H groups in total. The summed E-state index contributed by atoms with van der Waals surface area (Å²) in [6, 6.07) is 14.9. The van der Waals surface area contributed by atoms with E-state index in [9.17, 15) is 9.50 Å². The van der Waals surface area contributed by atoms with Crippen LogP contribution in [0.3, 0.4) is 0 Å². The molecule has 5 rings (SSSR count). The smallest absolute Gasteiger partial charge is 0.223 e. The molecular weight excluding hydrogens is 415 g/mol. The summed E-state index contributed by atoms with van der Waals surface area (Å²) in [6.07, 6.45) is 4.55. The molecule has 31 heavy (non-hydrogen) atoms. The maximum atomic E-state index is 14.6. The number of thiophene rings is 1. The van der Waals surface area contributed by atoms with Crippen LogP contribution < -0.4 is 5.32 Å². The summed E-state index contributed by atoms with van der Waals surface area (Å²) in [5.41, 5.74) is 1.87. The van der Waals surface area contributed by atoms with E-state index in [-0.39, 0.29) is 11.4 Å². The Morgan fingerprint density at radius 1 is 1.10 bits per heavy atom. The number of phenols is 1. The summed E-state index contributed by atoms with van der Waals surface area (Å²) in [7, 11) is 0. The number of para-hydroxylation sites is 1. The maximum absolute atomic E-state index is 14.6. The number of anilines is 1. The highest BCUT2D eigenvalue weighted by Crippen LogP contribution is 2.41. The van der Waals surface area contributed by atoms with Crippen molar-refractivity contribution in [1.29, 1.82) is 0 Å². The highest BCUT2D eigenvalue weighted by Gasteiger charge is 2.16. The second-order valence-electron chi connectivity index (χ2n) is 6.83. The lowest BCUT2D eigenvalue weighted by atomic mass is 10.0. The van der Waals surface area contributed by atoms with Gasteiger partial charge in [0.05, 0.1) is 23.8 Å². The first kappa shape index (κ1) is 19.1. The van der Waals surface area contributed by atoms with E-state index in [2.05, 4.69) is 25.6 Å². The SMILES string of the molecule is Oc1ccccc1-c1cccc2cc(-c3nc(NCCn4ccnn4)ncc3F)sc12. The topological polar surface area (TPSA) is 88.8 Å². The fourth-order valence-corrected chi connectivity index (χ4v) is 4.53. The Labute approximate surface area is 180 Å². The van der Waals surface area contributed by atoms with Gasteiger partial charge in [0, 0.05) is 28.6 Å². The van der Waals surface area contributed by atoms with Crippen molar-refractivity contribution in [3.8, 4) is 27.4 Å². The predicted molar refractivity (Wildman–Crippen MR) is 118 cm³/mol. The third-order valence-corrected chi connectivity index (χ3v) is 6.00. The van der Waals surface area contributed by atoms with E-state index >= 15 is 0 Å². The molecule has 0 fully saturated rings. The fourth-order valence-electron chi connectivity index (χ4n) is 3.35. The van der Waals surface area contributed by atoms with Gasteiger partial charge in [-0.3, -0.25) is 4.68 Å². The molecule has 3 aromatic heterocycles. The second kappa shape index (κ2) is 8.11. The molecule has 0 radical (unpaired) electrons. The van der Waals surface area contributed by atoms with Gasteiger partial charge >= 0.3 is 0 Å². The number of halogens is 1. The van der Waals surface area contributed by atoms with Crippen LogP contribution in [0, 0.1) is 5.82 Å². The zero-order valence-corrected chi connectivity index (χ0v) is 17.1. The molecule has 5 aromatic rings. The summed E-state index contributed by atoms with van der Waals surface area (Å²) in [4.78, 5) is 9.13. The minimum absolute atomic E-state index is 0.206. The Morgan fingerprint density at radius 2 is 1.97 bits per heavy atom. The van der Waals surface area contributed by atoms with Crippen LogP contribution >= 0.6 is 11.3 Å². The molecule has 0 bridgehead atoms. The van der Waals surface area contributed by atoms with Crippen molar-refractivity contribution in [1.82, 2.24) is 25.0 Å². The molecular formula is C22H17FN6OS. The Bertz CT molecular complexity index is 1350. The molecule has 0 unspecified atom stereocenters. The first-order valence-electron chi connectivity index (χ1n) is 9.61. The highest BCUT2D eigenvalue weighted by molar-refractivity contribution is 7.22. The largest absolute Gasteiger partial charge is 0.507 e. The third-order valence-electron chi connectivity index (χ3n) is 4.81. The van der Waals surface area contributed by atoms with Crippen molar-refractivity contribution in [2.24, 2.45) is 0 Å². The van der Waals surface area contributed by atoms with Gasteiger partial charge in [-0.15, -0.1) is 16.4 Å². The van der Waals surface area contributed by atoms with Crippen LogP contribution in [-0.4, -0.2) is 36.6 Å². The number of aromatic hydroxyl groups is 1.